The molecule has 5 rings (SSSR count). The molecular formula is C25H24ClN3O. The van der Waals surface area contributed by atoms with Gasteiger partial charge < -0.3 is 4.90 Å². The van der Waals surface area contributed by atoms with Crippen LogP contribution >= 0.6 is 11.6 Å². The van der Waals surface area contributed by atoms with Crippen molar-refractivity contribution in [2.45, 2.75) is 32.1 Å². The number of carbonyl (C=O) groups excluding carboxylic acids is 1. The molecule has 4 nitrogen and oxygen atoms in total. The molecule has 1 unspecified atom stereocenters. The van der Waals surface area contributed by atoms with Crippen molar-refractivity contribution in [2.75, 3.05) is 13.1 Å². The highest BCUT2D eigenvalue weighted by Crippen LogP contribution is 2.40. The molecule has 0 bridgehead atoms. The van der Waals surface area contributed by atoms with Crippen LogP contribution in [-0.2, 0) is 0 Å². The number of hydrogen-bond acceptors (Lipinski definition) is 3. The van der Waals surface area contributed by atoms with Crippen LogP contribution in [0.3, 0.4) is 0 Å². The number of halogens is 1. The van der Waals surface area contributed by atoms with Crippen LogP contribution in [0.5, 0.6) is 0 Å². The third kappa shape index (κ3) is 3.84. The summed E-state index contributed by atoms with van der Waals surface area (Å²) in [5.74, 6) is 1.23. The summed E-state index contributed by atoms with van der Waals surface area (Å²) >= 11 is 6.61. The lowest BCUT2D eigenvalue weighted by Crippen LogP contribution is -2.28. The van der Waals surface area contributed by atoms with Gasteiger partial charge in [-0.2, -0.15) is 0 Å². The minimum Gasteiger partial charge on any atom is -0.338 e. The molecule has 30 heavy (non-hydrogen) atoms. The Kier molecular flexibility index (Phi) is 5.03. The summed E-state index contributed by atoms with van der Waals surface area (Å²) in [6, 6.07) is 11.9. The molecule has 1 atom stereocenters. The number of likely N-dealkylation sites (tertiary alicyclic amines) is 1. The van der Waals surface area contributed by atoms with E-state index in [0.717, 1.165) is 47.5 Å². The SMILES string of the molecule is CC1CCN(C(=O)c2ccc(-c3cncc(-c4ccnc(C5CC5)c4)c3)c(Cl)c2)C1. The van der Waals surface area contributed by atoms with E-state index < -0.39 is 0 Å². The topological polar surface area (TPSA) is 46.1 Å². The highest BCUT2D eigenvalue weighted by molar-refractivity contribution is 6.33. The summed E-state index contributed by atoms with van der Waals surface area (Å²) < 4.78 is 0. The van der Waals surface area contributed by atoms with Crippen LogP contribution in [0, 0.1) is 5.92 Å². The van der Waals surface area contributed by atoms with Crippen molar-refractivity contribution in [3.8, 4) is 22.3 Å². The normalized spacial score (nSPS) is 18.6. The zero-order valence-corrected chi connectivity index (χ0v) is 17.8. The smallest absolute Gasteiger partial charge is 0.253 e. The van der Waals surface area contributed by atoms with Gasteiger partial charge in [-0.15, -0.1) is 0 Å². The standard InChI is InChI=1S/C25H24ClN3O/c1-16-7-9-29(15-16)25(30)19-4-5-22(23(26)11-19)21-10-20(13-27-14-21)18-6-8-28-24(12-18)17-2-3-17/h4-6,8,10-14,16-17H,2-3,7,9,15H2,1H3. The van der Waals surface area contributed by atoms with Crippen molar-refractivity contribution < 1.29 is 4.79 Å². The number of hydrogen-bond donors (Lipinski definition) is 0. The fourth-order valence-electron chi connectivity index (χ4n) is 4.16. The van der Waals surface area contributed by atoms with Gasteiger partial charge in [0.1, 0.15) is 0 Å². The molecule has 3 aromatic rings. The molecule has 2 aliphatic rings. The van der Waals surface area contributed by atoms with Gasteiger partial charge in [0.05, 0.1) is 0 Å². The minimum atomic E-state index is 0.0593. The average molecular weight is 418 g/mol. The quantitative estimate of drug-likeness (QED) is 0.537. The number of benzene rings is 1. The number of amides is 1. The van der Waals surface area contributed by atoms with E-state index in [1.54, 1.807) is 6.07 Å². The summed E-state index contributed by atoms with van der Waals surface area (Å²) in [6.45, 7) is 3.82. The van der Waals surface area contributed by atoms with Gasteiger partial charge in [-0.1, -0.05) is 24.6 Å². The van der Waals surface area contributed by atoms with E-state index in [0.29, 0.717) is 22.4 Å². The number of rotatable bonds is 4. The van der Waals surface area contributed by atoms with Crippen LogP contribution < -0.4 is 0 Å². The summed E-state index contributed by atoms with van der Waals surface area (Å²) in [6.07, 6.45) is 9.08. The summed E-state index contributed by atoms with van der Waals surface area (Å²) in [7, 11) is 0. The van der Waals surface area contributed by atoms with Crippen LogP contribution in [0.25, 0.3) is 22.3 Å². The van der Waals surface area contributed by atoms with Crippen molar-refractivity contribution in [3.05, 3.63) is 71.3 Å². The van der Waals surface area contributed by atoms with Crippen LogP contribution in [-0.4, -0.2) is 33.9 Å². The molecule has 0 radical (unpaired) electrons. The maximum absolute atomic E-state index is 12.8. The lowest BCUT2D eigenvalue weighted by Gasteiger charge is -2.16. The van der Waals surface area contributed by atoms with Gasteiger partial charge in [0.2, 0.25) is 0 Å². The van der Waals surface area contributed by atoms with E-state index in [9.17, 15) is 4.79 Å². The van der Waals surface area contributed by atoms with Gasteiger partial charge in [-0.05, 0) is 61.1 Å². The Labute approximate surface area is 181 Å². The maximum atomic E-state index is 12.8. The van der Waals surface area contributed by atoms with Crippen molar-refractivity contribution >= 4 is 17.5 Å². The van der Waals surface area contributed by atoms with E-state index in [4.69, 9.17) is 11.6 Å². The summed E-state index contributed by atoms with van der Waals surface area (Å²) in [5.41, 5.74) is 5.79. The highest BCUT2D eigenvalue weighted by Gasteiger charge is 2.26. The van der Waals surface area contributed by atoms with Gasteiger partial charge in [0.25, 0.3) is 5.91 Å². The predicted octanol–water partition coefficient (Wildman–Crippen LogP) is 5.82. The van der Waals surface area contributed by atoms with Crippen molar-refractivity contribution in [2.24, 2.45) is 5.92 Å². The molecule has 2 aromatic heterocycles. The van der Waals surface area contributed by atoms with E-state index in [2.05, 4.69) is 29.0 Å². The molecule has 5 heteroatoms. The highest BCUT2D eigenvalue weighted by atomic mass is 35.5. The summed E-state index contributed by atoms with van der Waals surface area (Å²) in [4.78, 5) is 23.6. The molecular weight excluding hydrogens is 394 g/mol. The zero-order valence-electron chi connectivity index (χ0n) is 17.0. The second-order valence-corrected chi connectivity index (χ2v) is 8.95. The number of pyridine rings is 2. The maximum Gasteiger partial charge on any atom is 0.253 e. The predicted molar refractivity (Wildman–Crippen MR) is 120 cm³/mol. The van der Waals surface area contributed by atoms with Crippen LogP contribution in [0.4, 0.5) is 0 Å². The Bertz CT molecular complexity index is 1110. The molecule has 1 aromatic carbocycles. The zero-order chi connectivity index (χ0) is 20.7. The number of aromatic nitrogens is 2. The fraction of sp³-hybridized carbons (Fsp3) is 0.320. The molecule has 0 spiro atoms. The number of carbonyl (C=O) groups is 1. The van der Waals surface area contributed by atoms with E-state index in [1.807, 2.05) is 41.7 Å². The lowest BCUT2D eigenvalue weighted by atomic mass is 10.0. The Morgan fingerprint density at radius 2 is 1.87 bits per heavy atom. The minimum absolute atomic E-state index is 0.0593. The summed E-state index contributed by atoms with van der Waals surface area (Å²) in [5, 5.41) is 0.570. The average Bonchev–Trinajstić information content (AvgIpc) is 3.54. The molecule has 1 saturated heterocycles. The van der Waals surface area contributed by atoms with Crippen LogP contribution in [0.2, 0.25) is 5.02 Å². The lowest BCUT2D eigenvalue weighted by molar-refractivity contribution is 0.0788. The Hall–Kier alpha value is -2.72. The molecule has 1 amide bonds. The second kappa shape index (κ2) is 7.84. The van der Waals surface area contributed by atoms with Gasteiger partial charge in [-0.3, -0.25) is 14.8 Å². The van der Waals surface area contributed by atoms with E-state index >= 15 is 0 Å². The Morgan fingerprint density at radius 1 is 1.03 bits per heavy atom. The van der Waals surface area contributed by atoms with Crippen LogP contribution in [0.1, 0.15) is 48.2 Å². The van der Waals surface area contributed by atoms with Gasteiger partial charge in [0.15, 0.2) is 0 Å². The van der Waals surface area contributed by atoms with Gasteiger partial charge in [-0.25, -0.2) is 0 Å². The third-order valence-corrected chi connectivity index (χ3v) is 6.40. The molecule has 1 aliphatic carbocycles. The largest absolute Gasteiger partial charge is 0.338 e. The van der Waals surface area contributed by atoms with Gasteiger partial charge >= 0.3 is 0 Å². The first-order valence-corrected chi connectivity index (χ1v) is 11.0. The molecule has 1 aliphatic heterocycles. The van der Waals surface area contributed by atoms with E-state index in [-0.39, 0.29) is 5.91 Å². The van der Waals surface area contributed by atoms with Crippen LogP contribution in [0.15, 0.2) is 55.0 Å². The monoisotopic (exact) mass is 417 g/mol. The first kappa shape index (κ1) is 19.3. The third-order valence-electron chi connectivity index (χ3n) is 6.09. The molecule has 2 fully saturated rings. The number of nitrogens with zero attached hydrogens (tertiary/aromatic N) is 3. The van der Waals surface area contributed by atoms with Crippen molar-refractivity contribution in [1.82, 2.24) is 14.9 Å². The first-order valence-electron chi connectivity index (χ1n) is 10.6. The second-order valence-electron chi connectivity index (χ2n) is 8.55. The molecule has 0 N–H and O–H groups in total. The molecule has 3 heterocycles. The first-order chi connectivity index (χ1) is 14.6. The van der Waals surface area contributed by atoms with E-state index in [1.165, 1.54) is 12.8 Å². The molecule has 152 valence electrons. The van der Waals surface area contributed by atoms with Crippen molar-refractivity contribution in [3.63, 3.8) is 0 Å². The van der Waals surface area contributed by atoms with Gasteiger partial charge in [0, 0.05) is 70.6 Å². The Balaban J connectivity index is 1.42. The van der Waals surface area contributed by atoms with Crippen molar-refractivity contribution in [1.29, 1.82) is 0 Å². The fourth-order valence-corrected chi connectivity index (χ4v) is 4.45. The Morgan fingerprint density at radius 3 is 2.60 bits per heavy atom. The molecule has 1 saturated carbocycles.